The minimum Gasteiger partial charge on any atom is -0.379 e. The van der Waals surface area contributed by atoms with Gasteiger partial charge >= 0.3 is 6.03 Å². The molecule has 7 heteroatoms. The van der Waals surface area contributed by atoms with Crippen LogP contribution in [-0.2, 0) is 4.74 Å². The molecule has 1 fully saturated rings. The van der Waals surface area contributed by atoms with Crippen LogP contribution in [0.4, 0.5) is 10.5 Å². The van der Waals surface area contributed by atoms with Crippen molar-refractivity contribution >= 4 is 17.6 Å². The Morgan fingerprint density at radius 2 is 1.79 bits per heavy atom. The number of urea groups is 1. The molecule has 1 unspecified atom stereocenters. The van der Waals surface area contributed by atoms with Gasteiger partial charge in [-0.05, 0) is 38.3 Å². The number of amides is 3. The predicted molar refractivity (Wildman–Crippen MR) is 112 cm³/mol. The van der Waals surface area contributed by atoms with Gasteiger partial charge in [0, 0.05) is 31.7 Å². The van der Waals surface area contributed by atoms with E-state index in [9.17, 15) is 9.59 Å². The number of morpholine rings is 1. The van der Waals surface area contributed by atoms with Crippen molar-refractivity contribution in [2.24, 2.45) is 5.92 Å². The summed E-state index contributed by atoms with van der Waals surface area (Å²) in [4.78, 5) is 27.2. The summed E-state index contributed by atoms with van der Waals surface area (Å²) in [5, 5.41) is 8.60. The van der Waals surface area contributed by atoms with E-state index in [1.807, 2.05) is 13.8 Å². The van der Waals surface area contributed by atoms with Crippen LogP contribution < -0.4 is 16.0 Å². The summed E-state index contributed by atoms with van der Waals surface area (Å²) < 4.78 is 5.45. The number of benzene rings is 1. The molecule has 28 heavy (non-hydrogen) atoms. The van der Waals surface area contributed by atoms with Crippen LogP contribution in [0.25, 0.3) is 0 Å². The van der Waals surface area contributed by atoms with Crippen molar-refractivity contribution < 1.29 is 14.3 Å². The fraction of sp³-hybridized carbons (Fsp3) is 0.619. The van der Waals surface area contributed by atoms with Crippen molar-refractivity contribution in [2.45, 2.75) is 46.2 Å². The lowest BCUT2D eigenvalue weighted by molar-refractivity contribution is 0.0124. The quantitative estimate of drug-likeness (QED) is 0.637. The molecule has 1 atom stereocenters. The summed E-state index contributed by atoms with van der Waals surface area (Å²) in [6.07, 6.45) is 1.01. The summed E-state index contributed by atoms with van der Waals surface area (Å²) in [5.41, 5.74) is 0.969. The van der Waals surface area contributed by atoms with Gasteiger partial charge in [-0.2, -0.15) is 0 Å². The molecule has 156 valence electrons. The van der Waals surface area contributed by atoms with Crippen molar-refractivity contribution in [3.63, 3.8) is 0 Å². The summed E-state index contributed by atoms with van der Waals surface area (Å²) >= 11 is 0. The van der Waals surface area contributed by atoms with Crippen LogP contribution in [-0.4, -0.2) is 61.8 Å². The SMILES string of the molecule is CC(C)CC(CNC(=O)c1ccccc1NC(=O)NC(C)C)N1CCOCC1. The maximum Gasteiger partial charge on any atom is 0.319 e. The van der Waals surface area contributed by atoms with E-state index >= 15 is 0 Å². The third-order valence-electron chi connectivity index (χ3n) is 4.64. The Bertz CT molecular complexity index is 642. The van der Waals surface area contributed by atoms with Crippen LogP contribution in [0.5, 0.6) is 0 Å². The molecule has 0 aromatic heterocycles. The Kier molecular flexibility index (Phi) is 8.73. The zero-order valence-electron chi connectivity index (χ0n) is 17.5. The van der Waals surface area contributed by atoms with Crippen molar-refractivity contribution in [3.05, 3.63) is 29.8 Å². The molecule has 1 aliphatic heterocycles. The van der Waals surface area contributed by atoms with Crippen molar-refractivity contribution in [1.82, 2.24) is 15.5 Å². The number of hydrogen-bond donors (Lipinski definition) is 3. The Morgan fingerprint density at radius 1 is 1.11 bits per heavy atom. The number of rotatable bonds is 8. The van der Waals surface area contributed by atoms with Crippen LogP contribution in [0.15, 0.2) is 24.3 Å². The number of carbonyl (C=O) groups excluding carboxylic acids is 2. The summed E-state index contributed by atoms with van der Waals surface area (Å²) in [5.74, 6) is 0.362. The molecule has 0 bridgehead atoms. The van der Waals surface area contributed by atoms with E-state index in [2.05, 4.69) is 34.7 Å². The molecule has 1 aliphatic rings. The second-order valence-corrected chi connectivity index (χ2v) is 7.94. The van der Waals surface area contributed by atoms with Gasteiger partial charge in [0.15, 0.2) is 0 Å². The first kappa shape index (κ1) is 22.2. The molecule has 1 saturated heterocycles. The molecule has 0 saturated carbocycles. The smallest absolute Gasteiger partial charge is 0.319 e. The number of anilines is 1. The van der Waals surface area contributed by atoms with Crippen LogP contribution in [0.3, 0.4) is 0 Å². The zero-order chi connectivity index (χ0) is 20.5. The highest BCUT2D eigenvalue weighted by Gasteiger charge is 2.23. The molecular formula is C21H34N4O3. The average Bonchev–Trinajstić information content (AvgIpc) is 2.65. The van der Waals surface area contributed by atoms with E-state index in [-0.39, 0.29) is 24.0 Å². The van der Waals surface area contributed by atoms with E-state index in [0.717, 1.165) is 32.7 Å². The number of para-hydroxylation sites is 1. The lowest BCUT2D eigenvalue weighted by atomic mass is 10.0. The molecule has 0 spiro atoms. The highest BCUT2D eigenvalue weighted by molar-refractivity contribution is 6.03. The number of hydrogen-bond acceptors (Lipinski definition) is 4. The largest absolute Gasteiger partial charge is 0.379 e. The lowest BCUT2D eigenvalue weighted by Gasteiger charge is -2.35. The third-order valence-corrected chi connectivity index (χ3v) is 4.64. The van der Waals surface area contributed by atoms with Crippen molar-refractivity contribution in [3.8, 4) is 0 Å². The topological polar surface area (TPSA) is 82.7 Å². The fourth-order valence-electron chi connectivity index (χ4n) is 3.36. The summed E-state index contributed by atoms with van der Waals surface area (Å²) in [6, 6.07) is 7.05. The van der Waals surface area contributed by atoms with Gasteiger partial charge in [-0.3, -0.25) is 9.69 Å². The zero-order valence-corrected chi connectivity index (χ0v) is 17.5. The molecular weight excluding hydrogens is 356 g/mol. The van der Waals surface area contributed by atoms with Crippen LogP contribution in [0.2, 0.25) is 0 Å². The average molecular weight is 391 g/mol. The number of carbonyl (C=O) groups is 2. The number of nitrogens with one attached hydrogen (secondary N) is 3. The van der Waals surface area contributed by atoms with Gasteiger partial charge in [0.25, 0.3) is 5.91 Å². The molecule has 1 aromatic rings. The monoisotopic (exact) mass is 390 g/mol. The van der Waals surface area contributed by atoms with Crippen molar-refractivity contribution in [2.75, 3.05) is 38.2 Å². The Labute approximate surface area is 168 Å². The van der Waals surface area contributed by atoms with Crippen LogP contribution in [0, 0.1) is 5.92 Å². The Balaban J connectivity index is 2.01. The molecule has 1 aromatic carbocycles. The molecule has 3 N–H and O–H groups in total. The van der Waals surface area contributed by atoms with Gasteiger partial charge in [-0.1, -0.05) is 26.0 Å². The first-order valence-corrected chi connectivity index (χ1v) is 10.1. The standard InChI is InChI=1S/C21H34N4O3/c1-15(2)13-17(25-9-11-28-12-10-25)14-22-20(26)18-7-5-6-8-19(18)24-21(27)23-16(3)4/h5-8,15-17H,9-14H2,1-4H3,(H,22,26)(H2,23,24,27). The normalized spacial score (nSPS) is 16.1. The lowest BCUT2D eigenvalue weighted by Crippen LogP contribution is -2.49. The van der Waals surface area contributed by atoms with Gasteiger partial charge in [0.05, 0.1) is 24.5 Å². The minimum atomic E-state index is -0.318. The number of nitrogens with zero attached hydrogens (tertiary/aromatic N) is 1. The van der Waals surface area contributed by atoms with Crippen LogP contribution >= 0.6 is 0 Å². The van der Waals surface area contributed by atoms with E-state index in [4.69, 9.17) is 4.74 Å². The van der Waals surface area contributed by atoms with Gasteiger partial charge < -0.3 is 20.7 Å². The molecule has 1 heterocycles. The maximum absolute atomic E-state index is 12.8. The fourth-order valence-corrected chi connectivity index (χ4v) is 3.36. The van der Waals surface area contributed by atoms with E-state index in [1.54, 1.807) is 24.3 Å². The predicted octanol–water partition coefficient (Wildman–Crippen LogP) is 2.69. The second-order valence-electron chi connectivity index (χ2n) is 7.94. The molecule has 7 nitrogen and oxygen atoms in total. The molecule has 2 rings (SSSR count). The van der Waals surface area contributed by atoms with Gasteiger partial charge in [0.1, 0.15) is 0 Å². The van der Waals surface area contributed by atoms with Gasteiger partial charge in [0.2, 0.25) is 0 Å². The van der Waals surface area contributed by atoms with E-state index in [0.29, 0.717) is 23.7 Å². The summed E-state index contributed by atoms with van der Waals surface area (Å²) in [6.45, 7) is 12.0. The first-order valence-electron chi connectivity index (χ1n) is 10.1. The van der Waals surface area contributed by atoms with E-state index < -0.39 is 0 Å². The van der Waals surface area contributed by atoms with Gasteiger partial charge in [-0.25, -0.2) is 4.79 Å². The van der Waals surface area contributed by atoms with Gasteiger partial charge in [-0.15, -0.1) is 0 Å². The third kappa shape index (κ3) is 7.13. The highest BCUT2D eigenvalue weighted by Crippen LogP contribution is 2.16. The molecule has 0 radical (unpaired) electrons. The van der Waals surface area contributed by atoms with Crippen LogP contribution in [0.1, 0.15) is 44.5 Å². The highest BCUT2D eigenvalue weighted by atomic mass is 16.5. The second kappa shape index (κ2) is 11.0. The van der Waals surface area contributed by atoms with Crippen molar-refractivity contribution in [1.29, 1.82) is 0 Å². The Hall–Kier alpha value is -2.12. The Morgan fingerprint density at radius 3 is 2.43 bits per heavy atom. The molecule has 0 aliphatic carbocycles. The summed E-state index contributed by atoms with van der Waals surface area (Å²) in [7, 11) is 0. The number of ether oxygens (including phenoxy) is 1. The maximum atomic E-state index is 12.8. The molecule has 3 amide bonds. The minimum absolute atomic E-state index is 0.0197. The van der Waals surface area contributed by atoms with E-state index in [1.165, 1.54) is 0 Å². The first-order chi connectivity index (χ1) is 13.4.